The molecule has 0 atom stereocenters. The summed E-state index contributed by atoms with van der Waals surface area (Å²) in [6.45, 7) is 3.53. The Morgan fingerprint density at radius 1 is 1.22 bits per heavy atom. The number of rotatable bonds is 7. The van der Waals surface area contributed by atoms with E-state index >= 15 is 0 Å². The molecule has 0 bridgehead atoms. The van der Waals surface area contributed by atoms with Crippen LogP contribution in [-0.2, 0) is 6.54 Å². The molecular weight excluding hydrogens is 229 g/mol. The molecule has 100 valence electrons. The van der Waals surface area contributed by atoms with E-state index in [9.17, 15) is 4.39 Å². The van der Waals surface area contributed by atoms with Gasteiger partial charge in [-0.25, -0.2) is 9.38 Å². The van der Waals surface area contributed by atoms with Crippen LogP contribution in [0, 0.1) is 5.82 Å². The van der Waals surface area contributed by atoms with Crippen LogP contribution in [0.3, 0.4) is 0 Å². The van der Waals surface area contributed by atoms with E-state index in [1.165, 1.54) is 31.4 Å². The van der Waals surface area contributed by atoms with Gasteiger partial charge in [0.2, 0.25) is 0 Å². The summed E-state index contributed by atoms with van der Waals surface area (Å²) >= 11 is 0. The van der Waals surface area contributed by atoms with Crippen molar-refractivity contribution in [1.82, 2.24) is 5.32 Å². The molecule has 0 saturated carbocycles. The van der Waals surface area contributed by atoms with Gasteiger partial charge in [-0.3, -0.25) is 0 Å². The second kappa shape index (κ2) is 8.50. The first-order valence-electron chi connectivity index (χ1n) is 6.50. The van der Waals surface area contributed by atoms with E-state index in [2.05, 4.69) is 17.2 Å². The molecule has 1 rings (SSSR count). The van der Waals surface area contributed by atoms with E-state index in [0.717, 1.165) is 18.5 Å². The summed E-state index contributed by atoms with van der Waals surface area (Å²) in [4.78, 5) is 4.20. The maximum Gasteiger partial charge on any atom is 0.188 e. The van der Waals surface area contributed by atoms with Crippen LogP contribution >= 0.6 is 0 Å². The van der Waals surface area contributed by atoms with Gasteiger partial charge >= 0.3 is 0 Å². The van der Waals surface area contributed by atoms with Gasteiger partial charge in [-0.1, -0.05) is 38.3 Å². The average molecular weight is 251 g/mol. The standard InChI is InChI=1S/C14H22FN3/c1-2-3-4-5-10-17-14(16)18-11-12-6-8-13(15)9-7-12/h6-9H,2-5,10-11H2,1H3,(H3,16,17,18). The maximum atomic E-state index is 12.7. The number of unbranched alkanes of at least 4 members (excludes halogenated alkanes) is 3. The Bertz CT molecular complexity index is 360. The smallest absolute Gasteiger partial charge is 0.188 e. The van der Waals surface area contributed by atoms with Gasteiger partial charge in [0.1, 0.15) is 5.82 Å². The lowest BCUT2D eigenvalue weighted by Crippen LogP contribution is -2.32. The fourth-order valence-corrected chi connectivity index (χ4v) is 1.59. The number of halogens is 1. The van der Waals surface area contributed by atoms with Gasteiger partial charge in [0.15, 0.2) is 5.96 Å². The second-order valence-electron chi connectivity index (χ2n) is 4.32. The molecular formula is C14H22FN3. The van der Waals surface area contributed by atoms with Crippen LogP contribution in [0.15, 0.2) is 29.3 Å². The van der Waals surface area contributed by atoms with E-state index < -0.39 is 0 Å². The summed E-state index contributed by atoms with van der Waals surface area (Å²) in [6, 6.07) is 6.29. The zero-order valence-electron chi connectivity index (χ0n) is 11.0. The van der Waals surface area contributed by atoms with E-state index in [-0.39, 0.29) is 5.82 Å². The number of nitrogens with one attached hydrogen (secondary N) is 1. The summed E-state index contributed by atoms with van der Waals surface area (Å²) in [7, 11) is 0. The molecule has 0 unspecified atom stereocenters. The van der Waals surface area contributed by atoms with Crippen molar-refractivity contribution in [2.45, 2.75) is 39.2 Å². The average Bonchev–Trinajstić information content (AvgIpc) is 2.38. The van der Waals surface area contributed by atoms with Gasteiger partial charge < -0.3 is 11.1 Å². The van der Waals surface area contributed by atoms with Gasteiger partial charge in [0.05, 0.1) is 6.54 Å². The Morgan fingerprint density at radius 3 is 2.61 bits per heavy atom. The van der Waals surface area contributed by atoms with Gasteiger partial charge in [-0.2, -0.15) is 0 Å². The van der Waals surface area contributed by atoms with E-state index in [1.54, 1.807) is 12.1 Å². The number of hydrogen-bond donors (Lipinski definition) is 2. The minimum Gasteiger partial charge on any atom is -0.370 e. The SMILES string of the molecule is CCCCCCNC(N)=NCc1ccc(F)cc1. The van der Waals surface area contributed by atoms with Gasteiger partial charge in [-0.05, 0) is 24.1 Å². The second-order valence-corrected chi connectivity index (χ2v) is 4.32. The van der Waals surface area contributed by atoms with Crippen LogP contribution < -0.4 is 11.1 Å². The number of benzene rings is 1. The molecule has 1 aromatic rings. The lowest BCUT2D eigenvalue weighted by molar-refractivity contribution is 0.627. The molecule has 0 fully saturated rings. The molecule has 0 amide bonds. The largest absolute Gasteiger partial charge is 0.370 e. The van der Waals surface area contributed by atoms with E-state index in [1.807, 2.05) is 0 Å². The predicted molar refractivity (Wildman–Crippen MR) is 73.9 cm³/mol. The topological polar surface area (TPSA) is 50.4 Å². The highest BCUT2D eigenvalue weighted by Crippen LogP contribution is 2.03. The van der Waals surface area contributed by atoms with Crippen molar-refractivity contribution >= 4 is 5.96 Å². The lowest BCUT2D eigenvalue weighted by Gasteiger charge is -2.05. The summed E-state index contributed by atoms with van der Waals surface area (Å²) in [5.74, 6) is 0.223. The third-order valence-corrected chi connectivity index (χ3v) is 2.68. The normalized spacial score (nSPS) is 11.6. The molecule has 0 heterocycles. The Labute approximate surface area is 108 Å². The highest BCUT2D eigenvalue weighted by atomic mass is 19.1. The molecule has 1 aromatic carbocycles. The van der Waals surface area contributed by atoms with Gasteiger partial charge in [0, 0.05) is 6.54 Å². The third-order valence-electron chi connectivity index (χ3n) is 2.68. The molecule has 0 aliphatic rings. The first-order chi connectivity index (χ1) is 8.72. The van der Waals surface area contributed by atoms with Crippen LogP contribution in [0.1, 0.15) is 38.2 Å². The molecule has 0 saturated heterocycles. The van der Waals surface area contributed by atoms with Crippen molar-refractivity contribution in [1.29, 1.82) is 0 Å². The number of hydrogen-bond acceptors (Lipinski definition) is 1. The highest BCUT2D eigenvalue weighted by molar-refractivity contribution is 5.77. The van der Waals surface area contributed by atoms with Crippen LogP contribution in [0.4, 0.5) is 4.39 Å². The summed E-state index contributed by atoms with van der Waals surface area (Å²) in [5.41, 5.74) is 6.68. The summed E-state index contributed by atoms with van der Waals surface area (Å²) in [6.07, 6.45) is 4.82. The van der Waals surface area contributed by atoms with Crippen molar-refractivity contribution < 1.29 is 4.39 Å². The van der Waals surface area contributed by atoms with Crippen LogP contribution in [0.2, 0.25) is 0 Å². The van der Waals surface area contributed by atoms with Crippen molar-refractivity contribution in [3.8, 4) is 0 Å². The molecule has 0 aromatic heterocycles. The quantitative estimate of drug-likeness (QED) is 0.445. The minimum absolute atomic E-state index is 0.232. The van der Waals surface area contributed by atoms with Crippen molar-refractivity contribution in [3.05, 3.63) is 35.6 Å². The molecule has 0 spiro atoms. The fraction of sp³-hybridized carbons (Fsp3) is 0.500. The Morgan fingerprint density at radius 2 is 1.94 bits per heavy atom. The zero-order valence-corrected chi connectivity index (χ0v) is 11.0. The molecule has 3 nitrogen and oxygen atoms in total. The molecule has 0 aliphatic carbocycles. The number of guanidine groups is 1. The summed E-state index contributed by atoms with van der Waals surface area (Å²) < 4.78 is 12.7. The van der Waals surface area contributed by atoms with Crippen LogP contribution in [0.25, 0.3) is 0 Å². The lowest BCUT2D eigenvalue weighted by atomic mass is 10.2. The van der Waals surface area contributed by atoms with E-state index in [4.69, 9.17) is 5.73 Å². The van der Waals surface area contributed by atoms with Gasteiger partial charge in [-0.15, -0.1) is 0 Å². The minimum atomic E-state index is -0.232. The third kappa shape index (κ3) is 6.23. The van der Waals surface area contributed by atoms with Crippen LogP contribution in [0.5, 0.6) is 0 Å². The molecule has 3 N–H and O–H groups in total. The number of aliphatic imine (C=N–C) groups is 1. The van der Waals surface area contributed by atoms with E-state index in [0.29, 0.717) is 12.5 Å². The van der Waals surface area contributed by atoms with Crippen molar-refractivity contribution in [2.75, 3.05) is 6.54 Å². The van der Waals surface area contributed by atoms with Crippen molar-refractivity contribution in [2.24, 2.45) is 10.7 Å². The molecule has 4 heteroatoms. The number of nitrogens with zero attached hydrogens (tertiary/aromatic N) is 1. The number of nitrogens with two attached hydrogens (primary N) is 1. The monoisotopic (exact) mass is 251 g/mol. The Hall–Kier alpha value is -1.58. The van der Waals surface area contributed by atoms with Crippen LogP contribution in [-0.4, -0.2) is 12.5 Å². The zero-order chi connectivity index (χ0) is 13.2. The molecule has 18 heavy (non-hydrogen) atoms. The Kier molecular flexibility index (Phi) is 6.84. The summed E-state index contributed by atoms with van der Waals surface area (Å²) in [5, 5.41) is 3.08. The first kappa shape index (κ1) is 14.5. The van der Waals surface area contributed by atoms with Gasteiger partial charge in [0.25, 0.3) is 0 Å². The molecule has 0 radical (unpaired) electrons. The highest BCUT2D eigenvalue weighted by Gasteiger charge is 1.94. The first-order valence-corrected chi connectivity index (χ1v) is 6.50. The predicted octanol–water partition coefficient (Wildman–Crippen LogP) is 2.81. The maximum absolute atomic E-state index is 12.7. The fourth-order valence-electron chi connectivity index (χ4n) is 1.59. The Balaban J connectivity index is 2.22. The molecule has 0 aliphatic heterocycles. The van der Waals surface area contributed by atoms with Crippen molar-refractivity contribution in [3.63, 3.8) is 0 Å².